The highest BCUT2D eigenvalue weighted by Crippen LogP contribution is 2.28. The van der Waals surface area contributed by atoms with E-state index in [0.29, 0.717) is 17.9 Å². The Labute approximate surface area is 109 Å². The third-order valence-corrected chi connectivity index (χ3v) is 3.82. The molecule has 18 heavy (non-hydrogen) atoms. The first-order chi connectivity index (χ1) is 8.70. The van der Waals surface area contributed by atoms with Gasteiger partial charge in [-0.15, -0.1) is 0 Å². The minimum atomic E-state index is 0.336. The highest BCUT2D eigenvalue weighted by atomic mass is 15.3. The van der Waals surface area contributed by atoms with Crippen LogP contribution in [0, 0.1) is 11.8 Å². The van der Waals surface area contributed by atoms with E-state index >= 15 is 0 Å². The molecule has 0 aliphatic heterocycles. The Balaban J connectivity index is 2.00. The first-order valence-corrected chi connectivity index (χ1v) is 7.03. The van der Waals surface area contributed by atoms with Crippen LogP contribution in [0.2, 0.25) is 0 Å². The number of nitrogens with one attached hydrogen (secondary N) is 1. The molecule has 1 unspecified atom stereocenters. The zero-order chi connectivity index (χ0) is 13.0. The second kappa shape index (κ2) is 6.29. The molecule has 1 fully saturated rings. The fraction of sp³-hybridized carbons (Fsp3) is 0.846. The van der Waals surface area contributed by atoms with Gasteiger partial charge in [0.25, 0.3) is 0 Å². The number of hydrazine groups is 1. The molecule has 1 aromatic heterocycles. The number of hydrogen-bond donors (Lipinski definition) is 2. The van der Waals surface area contributed by atoms with Crippen LogP contribution in [0.1, 0.15) is 45.4 Å². The van der Waals surface area contributed by atoms with Gasteiger partial charge in [0.15, 0.2) is 0 Å². The molecule has 0 bridgehead atoms. The van der Waals surface area contributed by atoms with E-state index in [-0.39, 0.29) is 0 Å². The Kier molecular flexibility index (Phi) is 4.72. The zero-order valence-corrected chi connectivity index (χ0v) is 11.5. The average Bonchev–Trinajstić information content (AvgIpc) is 2.96. The van der Waals surface area contributed by atoms with Gasteiger partial charge in [-0.3, -0.25) is 11.3 Å². The molecule has 0 amide bonds. The Hall–Kier alpha value is -0.940. The Morgan fingerprint density at radius 3 is 2.78 bits per heavy atom. The molecule has 1 heterocycles. The topological polar surface area (TPSA) is 68.8 Å². The smallest absolute Gasteiger partial charge is 0.138 e. The summed E-state index contributed by atoms with van der Waals surface area (Å²) >= 11 is 0. The van der Waals surface area contributed by atoms with Gasteiger partial charge in [0, 0.05) is 19.0 Å². The molecule has 1 aliphatic rings. The van der Waals surface area contributed by atoms with E-state index < -0.39 is 0 Å². The van der Waals surface area contributed by atoms with Crippen LogP contribution in [0.15, 0.2) is 6.33 Å². The van der Waals surface area contributed by atoms with Crippen LogP contribution in [0.25, 0.3) is 0 Å². The molecule has 102 valence electrons. The van der Waals surface area contributed by atoms with Crippen molar-refractivity contribution in [1.82, 2.24) is 20.2 Å². The molecule has 0 aromatic carbocycles. The lowest BCUT2D eigenvalue weighted by Gasteiger charge is -2.22. The summed E-state index contributed by atoms with van der Waals surface area (Å²) < 4.78 is 2.02. The SMILES string of the molecule is CC(C)Cn1ncnc1CC(NN)C1CCCC1. The summed E-state index contributed by atoms with van der Waals surface area (Å²) in [6.45, 7) is 5.32. The molecule has 1 atom stereocenters. The fourth-order valence-electron chi connectivity index (χ4n) is 2.86. The summed E-state index contributed by atoms with van der Waals surface area (Å²) in [5.41, 5.74) is 2.98. The van der Waals surface area contributed by atoms with E-state index in [1.54, 1.807) is 6.33 Å². The number of nitrogens with zero attached hydrogens (tertiary/aromatic N) is 3. The van der Waals surface area contributed by atoms with Gasteiger partial charge in [-0.05, 0) is 24.7 Å². The van der Waals surface area contributed by atoms with Gasteiger partial charge in [0.1, 0.15) is 12.2 Å². The van der Waals surface area contributed by atoms with E-state index in [1.807, 2.05) is 4.68 Å². The predicted octanol–water partition coefficient (Wildman–Crippen LogP) is 1.50. The molecule has 3 N–H and O–H groups in total. The Morgan fingerprint density at radius 2 is 2.17 bits per heavy atom. The van der Waals surface area contributed by atoms with E-state index in [9.17, 15) is 0 Å². The van der Waals surface area contributed by atoms with Crippen LogP contribution in [0.5, 0.6) is 0 Å². The van der Waals surface area contributed by atoms with Gasteiger partial charge in [-0.1, -0.05) is 26.7 Å². The normalized spacial score (nSPS) is 18.7. The third-order valence-electron chi connectivity index (χ3n) is 3.82. The van der Waals surface area contributed by atoms with Crippen LogP contribution in [0.4, 0.5) is 0 Å². The first kappa shape index (κ1) is 13.5. The minimum Gasteiger partial charge on any atom is -0.271 e. The summed E-state index contributed by atoms with van der Waals surface area (Å²) in [5.74, 6) is 8.05. The van der Waals surface area contributed by atoms with Gasteiger partial charge in [0.2, 0.25) is 0 Å². The lowest BCUT2D eigenvalue weighted by Crippen LogP contribution is -2.42. The molecular weight excluding hydrogens is 226 g/mol. The van der Waals surface area contributed by atoms with Crippen LogP contribution in [-0.4, -0.2) is 20.8 Å². The van der Waals surface area contributed by atoms with Crippen LogP contribution in [0.3, 0.4) is 0 Å². The quantitative estimate of drug-likeness (QED) is 0.594. The number of aromatic nitrogens is 3. The van der Waals surface area contributed by atoms with Crippen molar-refractivity contribution < 1.29 is 0 Å². The number of rotatable bonds is 6. The van der Waals surface area contributed by atoms with Crippen molar-refractivity contribution in [2.24, 2.45) is 17.7 Å². The minimum absolute atomic E-state index is 0.336. The van der Waals surface area contributed by atoms with Gasteiger partial charge in [-0.25, -0.2) is 9.67 Å². The number of hydrogen-bond acceptors (Lipinski definition) is 4. The molecule has 1 aromatic rings. The van der Waals surface area contributed by atoms with Crippen molar-refractivity contribution in [3.05, 3.63) is 12.2 Å². The lowest BCUT2D eigenvalue weighted by molar-refractivity contribution is 0.346. The molecule has 0 saturated heterocycles. The molecule has 0 radical (unpaired) electrons. The highest BCUT2D eigenvalue weighted by Gasteiger charge is 2.25. The second-order valence-electron chi connectivity index (χ2n) is 5.77. The maximum atomic E-state index is 5.71. The summed E-state index contributed by atoms with van der Waals surface area (Å²) in [5, 5.41) is 4.31. The Bertz CT molecular complexity index is 354. The largest absolute Gasteiger partial charge is 0.271 e. The Morgan fingerprint density at radius 1 is 1.44 bits per heavy atom. The number of nitrogens with two attached hydrogens (primary N) is 1. The zero-order valence-electron chi connectivity index (χ0n) is 11.5. The lowest BCUT2D eigenvalue weighted by atomic mass is 9.95. The van der Waals surface area contributed by atoms with E-state index in [0.717, 1.165) is 18.8 Å². The summed E-state index contributed by atoms with van der Waals surface area (Å²) in [6.07, 6.45) is 7.78. The highest BCUT2D eigenvalue weighted by molar-refractivity contribution is 4.93. The van der Waals surface area contributed by atoms with Crippen molar-refractivity contribution in [1.29, 1.82) is 0 Å². The van der Waals surface area contributed by atoms with Gasteiger partial charge in [-0.2, -0.15) is 5.10 Å². The van der Waals surface area contributed by atoms with E-state index in [2.05, 4.69) is 29.4 Å². The van der Waals surface area contributed by atoms with Crippen molar-refractivity contribution in [3.8, 4) is 0 Å². The third kappa shape index (κ3) is 3.29. The molecule has 5 nitrogen and oxygen atoms in total. The van der Waals surface area contributed by atoms with Crippen molar-refractivity contribution in [2.75, 3.05) is 0 Å². The average molecular weight is 251 g/mol. The van der Waals surface area contributed by atoms with Crippen LogP contribution < -0.4 is 11.3 Å². The summed E-state index contributed by atoms with van der Waals surface area (Å²) in [4.78, 5) is 4.38. The monoisotopic (exact) mass is 251 g/mol. The molecule has 1 aliphatic carbocycles. The summed E-state index contributed by atoms with van der Waals surface area (Å²) in [6, 6.07) is 0.336. The molecule has 2 rings (SSSR count). The van der Waals surface area contributed by atoms with Crippen LogP contribution >= 0.6 is 0 Å². The predicted molar refractivity (Wildman–Crippen MR) is 71.6 cm³/mol. The molecule has 1 saturated carbocycles. The molecule has 5 heteroatoms. The standard InChI is InChI=1S/C13H25N5/c1-10(2)8-18-13(15-9-16-18)7-12(17-14)11-5-3-4-6-11/h9-12,17H,3-8,14H2,1-2H3. The van der Waals surface area contributed by atoms with Gasteiger partial charge >= 0.3 is 0 Å². The van der Waals surface area contributed by atoms with E-state index in [1.165, 1.54) is 25.7 Å². The van der Waals surface area contributed by atoms with Crippen LogP contribution in [-0.2, 0) is 13.0 Å². The van der Waals surface area contributed by atoms with Crippen molar-refractivity contribution in [2.45, 2.75) is 58.5 Å². The summed E-state index contributed by atoms with van der Waals surface area (Å²) in [7, 11) is 0. The maximum Gasteiger partial charge on any atom is 0.138 e. The maximum absolute atomic E-state index is 5.71. The van der Waals surface area contributed by atoms with Crippen molar-refractivity contribution >= 4 is 0 Å². The fourth-order valence-corrected chi connectivity index (χ4v) is 2.86. The second-order valence-corrected chi connectivity index (χ2v) is 5.77. The van der Waals surface area contributed by atoms with Gasteiger partial charge < -0.3 is 0 Å². The molecular formula is C13H25N5. The van der Waals surface area contributed by atoms with Gasteiger partial charge in [0.05, 0.1) is 0 Å². The van der Waals surface area contributed by atoms with Crippen molar-refractivity contribution in [3.63, 3.8) is 0 Å². The first-order valence-electron chi connectivity index (χ1n) is 7.03. The van der Waals surface area contributed by atoms with E-state index in [4.69, 9.17) is 5.84 Å². The molecule has 0 spiro atoms.